The summed E-state index contributed by atoms with van der Waals surface area (Å²) in [5.74, 6) is 0.102. The minimum atomic E-state index is 0.0466. The van der Waals surface area contributed by atoms with E-state index in [0.717, 1.165) is 11.3 Å². The van der Waals surface area contributed by atoms with Crippen LogP contribution in [-0.4, -0.2) is 29.8 Å². The number of amides is 2. The predicted octanol–water partition coefficient (Wildman–Crippen LogP) is 2.05. The Hall–Kier alpha value is -1.84. The monoisotopic (exact) mass is 246 g/mol. The van der Waals surface area contributed by atoms with Gasteiger partial charge in [-0.3, -0.25) is 9.59 Å². The highest BCUT2D eigenvalue weighted by Gasteiger charge is 2.18. The standard InChI is InChI=1S/C14H18N2O2/c1-3-16(4-2)14(18)11-5-7-12-10(9-11)6-8-13(17)15-12/h5,7,9H,3-4,6,8H2,1-2H3,(H,15,17). The molecule has 18 heavy (non-hydrogen) atoms. The maximum absolute atomic E-state index is 12.2. The van der Waals surface area contributed by atoms with E-state index in [1.165, 1.54) is 0 Å². The zero-order valence-electron chi connectivity index (χ0n) is 10.8. The average molecular weight is 246 g/mol. The van der Waals surface area contributed by atoms with Crippen LogP contribution in [0.25, 0.3) is 0 Å². The van der Waals surface area contributed by atoms with Crippen molar-refractivity contribution in [2.24, 2.45) is 0 Å². The summed E-state index contributed by atoms with van der Waals surface area (Å²) < 4.78 is 0. The third-order valence-electron chi connectivity index (χ3n) is 3.30. The Labute approximate surface area is 107 Å². The highest BCUT2D eigenvalue weighted by Crippen LogP contribution is 2.24. The number of fused-ring (bicyclic) bond motifs is 1. The maximum Gasteiger partial charge on any atom is 0.253 e. The number of carbonyl (C=O) groups is 2. The van der Waals surface area contributed by atoms with Crippen LogP contribution in [0.5, 0.6) is 0 Å². The van der Waals surface area contributed by atoms with E-state index in [1.54, 1.807) is 11.0 Å². The van der Waals surface area contributed by atoms with Gasteiger partial charge in [-0.1, -0.05) is 0 Å². The highest BCUT2D eigenvalue weighted by atomic mass is 16.2. The number of rotatable bonds is 3. The number of carbonyl (C=O) groups excluding carboxylic acids is 2. The third kappa shape index (κ3) is 2.37. The molecule has 0 saturated heterocycles. The maximum atomic E-state index is 12.2. The molecule has 0 spiro atoms. The first-order valence-corrected chi connectivity index (χ1v) is 6.37. The van der Waals surface area contributed by atoms with Crippen LogP contribution in [-0.2, 0) is 11.2 Å². The van der Waals surface area contributed by atoms with Crippen LogP contribution < -0.4 is 5.32 Å². The summed E-state index contributed by atoms with van der Waals surface area (Å²) in [6, 6.07) is 5.50. The van der Waals surface area contributed by atoms with Gasteiger partial charge in [-0.05, 0) is 44.0 Å². The molecule has 1 aromatic carbocycles. The lowest BCUT2D eigenvalue weighted by atomic mass is 10.00. The third-order valence-corrected chi connectivity index (χ3v) is 3.30. The van der Waals surface area contributed by atoms with Crippen molar-refractivity contribution in [2.45, 2.75) is 26.7 Å². The molecule has 0 bridgehead atoms. The second-order valence-corrected chi connectivity index (χ2v) is 4.40. The smallest absolute Gasteiger partial charge is 0.253 e. The zero-order chi connectivity index (χ0) is 13.1. The van der Waals surface area contributed by atoms with E-state index >= 15 is 0 Å². The number of aryl methyl sites for hydroxylation is 1. The topological polar surface area (TPSA) is 49.4 Å². The summed E-state index contributed by atoms with van der Waals surface area (Å²) in [5.41, 5.74) is 2.59. The molecule has 1 aliphatic rings. The van der Waals surface area contributed by atoms with E-state index in [9.17, 15) is 9.59 Å². The first-order valence-electron chi connectivity index (χ1n) is 6.37. The van der Waals surface area contributed by atoms with E-state index in [4.69, 9.17) is 0 Å². The molecule has 2 rings (SSSR count). The second kappa shape index (κ2) is 5.21. The van der Waals surface area contributed by atoms with Crippen molar-refractivity contribution in [3.63, 3.8) is 0 Å². The number of hydrogen-bond donors (Lipinski definition) is 1. The molecule has 0 saturated carbocycles. The number of nitrogens with zero attached hydrogens (tertiary/aromatic N) is 1. The molecule has 4 nitrogen and oxygen atoms in total. The fourth-order valence-electron chi connectivity index (χ4n) is 2.21. The molecule has 0 radical (unpaired) electrons. The van der Waals surface area contributed by atoms with Crippen molar-refractivity contribution in [1.82, 2.24) is 4.90 Å². The largest absolute Gasteiger partial charge is 0.339 e. The lowest BCUT2D eigenvalue weighted by Gasteiger charge is -2.21. The van der Waals surface area contributed by atoms with Crippen molar-refractivity contribution in [1.29, 1.82) is 0 Å². The van der Waals surface area contributed by atoms with E-state index in [2.05, 4.69) is 5.32 Å². The van der Waals surface area contributed by atoms with E-state index in [-0.39, 0.29) is 11.8 Å². The summed E-state index contributed by atoms with van der Waals surface area (Å²) in [6.07, 6.45) is 1.20. The van der Waals surface area contributed by atoms with Gasteiger partial charge in [0.05, 0.1) is 0 Å². The summed E-state index contributed by atoms with van der Waals surface area (Å²) >= 11 is 0. The first kappa shape index (κ1) is 12.6. The molecule has 2 amide bonds. The highest BCUT2D eigenvalue weighted by molar-refractivity contribution is 5.97. The molecule has 1 N–H and O–H groups in total. The molecule has 0 fully saturated rings. The molecule has 0 aromatic heterocycles. The van der Waals surface area contributed by atoms with Gasteiger partial charge in [-0.15, -0.1) is 0 Å². The summed E-state index contributed by atoms with van der Waals surface area (Å²) in [5, 5.41) is 2.82. The van der Waals surface area contributed by atoms with Crippen LogP contribution >= 0.6 is 0 Å². The SMILES string of the molecule is CCN(CC)C(=O)c1ccc2c(c1)CCC(=O)N2. The molecule has 4 heteroatoms. The number of nitrogens with one attached hydrogen (secondary N) is 1. The van der Waals surface area contributed by atoms with Crippen LogP contribution in [0.15, 0.2) is 18.2 Å². The van der Waals surface area contributed by atoms with E-state index in [1.807, 2.05) is 26.0 Å². The lowest BCUT2D eigenvalue weighted by molar-refractivity contribution is -0.116. The van der Waals surface area contributed by atoms with Crippen LogP contribution in [0.2, 0.25) is 0 Å². The van der Waals surface area contributed by atoms with Crippen molar-refractivity contribution in [3.05, 3.63) is 29.3 Å². The summed E-state index contributed by atoms with van der Waals surface area (Å²) in [7, 11) is 0. The summed E-state index contributed by atoms with van der Waals surface area (Å²) in [6.45, 7) is 5.37. The second-order valence-electron chi connectivity index (χ2n) is 4.40. The molecule has 96 valence electrons. The molecule has 0 unspecified atom stereocenters. The minimum Gasteiger partial charge on any atom is -0.339 e. The quantitative estimate of drug-likeness (QED) is 0.887. The van der Waals surface area contributed by atoms with Gasteiger partial charge in [-0.2, -0.15) is 0 Å². The Balaban J connectivity index is 2.26. The van der Waals surface area contributed by atoms with Crippen molar-refractivity contribution < 1.29 is 9.59 Å². The van der Waals surface area contributed by atoms with Crippen molar-refractivity contribution in [3.8, 4) is 0 Å². The van der Waals surface area contributed by atoms with Gasteiger partial charge < -0.3 is 10.2 Å². The Kier molecular flexibility index (Phi) is 3.65. The number of hydrogen-bond acceptors (Lipinski definition) is 2. The fourth-order valence-corrected chi connectivity index (χ4v) is 2.21. The molecule has 1 aliphatic heterocycles. The van der Waals surface area contributed by atoms with Gasteiger partial charge in [0.1, 0.15) is 0 Å². The Morgan fingerprint density at radius 1 is 1.28 bits per heavy atom. The van der Waals surface area contributed by atoms with Crippen LogP contribution in [0, 0.1) is 0 Å². The Bertz CT molecular complexity index is 479. The van der Waals surface area contributed by atoms with Gasteiger partial charge in [0, 0.05) is 30.8 Å². The van der Waals surface area contributed by atoms with Crippen LogP contribution in [0.1, 0.15) is 36.2 Å². The molecule has 0 aliphatic carbocycles. The van der Waals surface area contributed by atoms with Gasteiger partial charge >= 0.3 is 0 Å². The normalized spacial score (nSPS) is 13.8. The van der Waals surface area contributed by atoms with Crippen molar-refractivity contribution >= 4 is 17.5 Å². The number of benzene rings is 1. The predicted molar refractivity (Wildman–Crippen MR) is 70.6 cm³/mol. The minimum absolute atomic E-state index is 0.0466. The Morgan fingerprint density at radius 3 is 2.67 bits per heavy atom. The molecule has 0 atom stereocenters. The van der Waals surface area contributed by atoms with Crippen LogP contribution in [0.4, 0.5) is 5.69 Å². The fraction of sp³-hybridized carbons (Fsp3) is 0.429. The zero-order valence-corrected chi connectivity index (χ0v) is 10.8. The van der Waals surface area contributed by atoms with Gasteiger partial charge in [0.2, 0.25) is 5.91 Å². The van der Waals surface area contributed by atoms with E-state index in [0.29, 0.717) is 31.5 Å². The molecular formula is C14H18N2O2. The van der Waals surface area contributed by atoms with Gasteiger partial charge in [0.25, 0.3) is 5.91 Å². The lowest BCUT2D eigenvalue weighted by Crippen LogP contribution is -2.30. The molecular weight excluding hydrogens is 228 g/mol. The van der Waals surface area contributed by atoms with Crippen molar-refractivity contribution in [2.75, 3.05) is 18.4 Å². The summed E-state index contributed by atoms with van der Waals surface area (Å²) in [4.78, 5) is 25.2. The molecule has 1 heterocycles. The first-order chi connectivity index (χ1) is 8.65. The Morgan fingerprint density at radius 2 is 2.00 bits per heavy atom. The average Bonchev–Trinajstić information content (AvgIpc) is 2.39. The van der Waals surface area contributed by atoms with Gasteiger partial charge in [0.15, 0.2) is 0 Å². The van der Waals surface area contributed by atoms with E-state index < -0.39 is 0 Å². The number of anilines is 1. The molecule has 1 aromatic rings. The van der Waals surface area contributed by atoms with Crippen LogP contribution in [0.3, 0.4) is 0 Å². The van der Waals surface area contributed by atoms with Gasteiger partial charge in [-0.25, -0.2) is 0 Å².